The van der Waals surface area contributed by atoms with Crippen LogP contribution in [0, 0.1) is 0 Å². The maximum absolute atomic E-state index is 11.3. The van der Waals surface area contributed by atoms with Crippen molar-refractivity contribution in [3.05, 3.63) is 70.9 Å². The van der Waals surface area contributed by atoms with E-state index in [2.05, 4.69) is 25.8 Å². The van der Waals surface area contributed by atoms with Gasteiger partial charge in [-0.25, -0.2) is 0 Å². The number of anilines is 3. The summed E-state index contributed by atoms with van der Waals surface area (Å²) in [5, 5.41) is 14.8. The molecule has 2 N–H and O–H groups in total. The number of carbonyl (C=O) groups excluding carboxylic acids is 1. The van der Waals surface area contributed by atoms with Crippen LogP contribution in [0.25, 0.3) is 0 Å². The van der Waals surface area contributed by atoms with Crippen LogP contribution in [-0.2, 0) is 6.54 Å². The van der Waals surface area contributed by atoms with Gasteiger partial charge in [0.15, 0.2) is 11.6 Å². The zero-order chi connectivity index (χ0) is 17.6. The number of benzene rings is 2. The maximum Gasteiger partial charge on any atom is 0.249 e. The molecule has 126 valence electrons. The zero-order valence-electron chi connectivity index (χ0n) is 13.5. The Hall–Kier alpha value is -2.99. The minimum Gasteiger partial charge on any atom is -0.364 e. The first kappa shape index (κ1) is 16.9. The summed E-state index contributed by atoms with van der Waals surface area (Å²) in [6.45, 7) is 2.06. The second-order valence-corrected chi connectivity index (χ2v) is 5.78. The highest BCUT2D eigenvalue weighted by Crippen LogP contribution is 2.17. The van der Waals surface area contributed by atoms with E-state index in [-0.39, 0.29) is 5.78 Å². The van der Waals surface area contributed by atoms with Crippen molar-refractivity contribution in [2.45, 2.75) is 13.5 Å². The van der Waals surface area contributed by atoms with E-state index in [0.717, 1.165) is 11.3 Å². The number of rotatable bonds is 6. The van der Waals surface area contributed by atoms with Crippen LogP contribution in [0.4, 0.5) is 17.5 Å². The molecule has 1 heterocycles. The fraction of sp³-hybridized carbons (Fsp3) is 0.111. The molecule has 6 nitrogen and oxygen atoms in total. The highest BCUT2D eigenvalue weighted by atomic mass is 35.5. The minimum atomic E-state index is 0.0234. The fourth-order valence-corrected chi connectivity index (χ4v) is 2.39. The van der Waals surface area contributed by atoms with Gasteiger partial charge in [0.25, 0.3) is 0 Å². The fourth-order valence-electron chi connectivity index (χ4n) is 2.19. The molecule has 0 aliphatic rings. The average Bonchev–Trinajstić information content (AvgIpc) is 2.62. The van der Waals surface area contributed by atoms with Crippen molar-refractivity contribution < 1.29 is 4.79 Å². The smallest absolute Gasteiger partial charge is 0.249 e. The Morgan fingerprint density at radius 3 is 2.60 bits per heavy atom. The van der Waals surface area contributed by atoms with Gasteiger partial charge < -0.3 is 10.6 Å². The Labute approximate surface area is 150 Å². The van der Waals surface area contributed by atoms with Gasteiger partial charge >= 0.3 is 0 Å². The highest BCUT2D eigenvalue weighted by molar-refractivity contribution is 6.31. The van der Waals surface area contributed by atoms with Crippen molar-refractivity contribution >= 4 is 34.8 Å². The Balaban J connectivity index is 1.67. The standard InChI is InChI=1S/C18H16ClN5O/c1-12(25)13-6-8-15(9-7-13)22-18-23-17(11-21-24-18)20-10-14-4-2-3-5-16(14)19/h2-9,11H,10H2,1H3,(H2,20,22,23,24). The number of aromatic nitrogens is 3. The van der Waals surface area contributed by atoms with Crippen LogP contribution in [0.15, 0.2) is 54.7 Å². The van der Waals surface area contributed by atoms with Crippen LogP contribution >= 0.6 is 11.6 Å². The van der Waals surface area contributed by atoms with Crippen LogP contribution in [-0.4, -0.2) is 21.0 Å². The van der Waals surface area contributed by atoms with Crippen molar-refractivity contribution in [3.63, 3.8) is 0 Å². The van der Waals surface area contributed by atoms with E-state index in [1.165, 1.54) is 6.92 Å². The predicted octanol–water partition coefficient (Wildman–Crippen LogP) is 4.08. The molecule has 0 fully saturated rings. The predicted molar refractivity (Wildman–Crippen MR) is 98.3 cm³/mol. The summed E-state index contributed by atoms with van der Waals surface area (Å²) >= 11 is 6.14. The monoisotopic (exact) mass is 353 g/mol. The summed E-state index contributed by atoms with van der Waals surface area (Å²) in [5.74, 6) is 0.966. The Morgan fingerprint density at radius 1 is 1.12 bits per heavy atom. The number of halogens is 1. The first-order valence-corrected chi connectivity index (χ1v) is 8.04. The molecule has 0 unspecified atom stereocenters. The topological polar surface area (TPSA) is 79.8 Å². The van der Waals surface area contributed by atoms with Gasteiger partial charge in [0.2, 0.25) is 5.95 Å². The van der Waals surface area contributed by atoms with Crippen molar-refractivity contribution in [2.75, 3.05) is 10.6 Å². The number of nitrogens with one attached hydrogen (secondary N) is 2. The molecule has 25 heavy (non-hydrogen) atoms. The van der Waals surface area contributed by atoms with E-state index in [4.69, 9.17) is 11.6 Å². The summed E-state index contributed by atoms with van der Waals surface area (Å²) in [6.07, 6.45) is 1.54. The van der Waals surface area contributed by atoms with Crippen molar-refractivity contribution in [1.82, 2.24) is 15.2 Å². The third kappa shape index (κ3) is 4.51. The minimum absolute atomic E-state index is 0.0234. The first-order chi connectivity index (χ1) is 12.1. The quantitative estimate of drug-likeness (QED) is 0.650. The van der Waals surface area contributed by atoms with Gasteiger partial charge in [-0.3, -0.25) is 4.79 Å². The molecule has 1 aromatic heterocycles. The third-order valence-electron chi connectivity index (χ3n) is 3.52. The molecule has 7 heteroatoms. The summed E-state index contributed by atoms with van der Waals surface area (Å²) in [4.78, 5) is 15.7. The van der Waals surface area contributed by atoms with Crippen molar-refractivity contribution in [2.24, 2.45) is 0 Å². The maximum atomic E-state index is 11.3. The number of hydrogen-bond donors (Lipinski definition) is 2. The second-order valence-electron chi connectivity index (χ2n) is 5.37. The summed E-state index contributed by atoms with van der Waals surface area (Å²) in [5.41, 5.74) is 2.40. The molecule has 0 radical (unpaired) electrons. The van der Waals surface area contributed by atoms with Gasteiger partial charge in [-0.15, -0.1) is 5.10 Å². The zero-order valence-corrected chi connectivity index (χ0v) is 14.3. The number of Topliss-reactive ketones (excluding diaryl/α,β-unsaturated/α-hetero) is 1. The van der Waals surface area contributed by atoms with Crippen LogP contribution < -0.4 is 10.6 Å². The third-order valence-corrected chi connectivity index (χ3v) is 3.89. The molecule has 0 spiro atoms. The van der Waals surface area contributed by atoms with Crippen LogP contribution in [0.5, 0.6) is 0 Å². The molecule has 0 saturated carbocycles. The lowest BCUT2D eigenvalue weighted by Crippen LogP contribution is -2.06. The number of nitrogens with zero attached hydrogens (tertiary/aromatic N) is 3. The number of carbonyl (C=O) groups is 1. The summed E-state index contributed by atoms with van der Waals surface area (Å²) < 4.78 is 0. The van der Waals surface area contributed by atoms with Gasteiger partial charge in [-0.1, -0.05) is 29.8 Å². The molecular formula is C18H16ClN5O. The van der Waals surface area contributed by atoms with Crippen LogP contribution in [0.1, 0.15) is 22.8 Å². The van der Waals surface area contributed by atoms with E-state index < -0.39 is 0 Å². The van der Waals surface area contributed by atoms with Crippen molar-refractivity contribution in [1.29, 1.82) is 0 Å². The number of hydrogen-bond acceptors (Lipinski definition) is 6. The first-order valence-electron chi connectivity index (χ1n) is 7.67. The van der Waals surface area contributed by atoms with Gasteiger partial charge in [0.05, 0.1) is 6.20 Å². The Morgan fingerprint density at radius 2 is 1.88 bits per heavy atom. The van der Waals surface area contributed by atoms with E-state index >= 15 is 0 Å². The summed E-state index contributed by atoms with van der Waals surface area (Å²) in [6, 6.07) is 14.7. The molecule has 0 bridgehead atoms. The molecule has 0 aliphatic carbocycles. The van der Waals surface area contributed by atoms with Gasteiger partial charge in [-0.05, 0) is 42.8 Å². The van der Waals surface area contributed by atoms with Gasteiger partial charge in [-0.2, -0.15) is 10.1 Å². The van der Waals surface area contributed by atoms with Gasteiger partial charge in [0, 0.05) is 22.8 Å². The van der Waals surface area contributed by atoms with E-state index in [1.807, 2.05) is 24.3 Å². The molecular weight excluding hydrogens is 338 g/mol. The van der Waals surface area contributed by atoms with Crippen molar-refractivity contribution in [3.8, 4) is 0 Å². The van der Waals surface area contributed by atoms with Crippen LogP contribution in [0.2, 0.25) is 5.02 Å². The van der Waals surface area contributed by atoms with E-state index in [1.54, 1.807) is 30.5 Å². The number of ketones is 1. The van der Waals surface area contributed by atoms with Crippen LogP contribution in [0.3, 0.4) is 0 Å². The normalized spacial score (nSPS) is 10.3. The Bertz CT molecular complexity index is 883. The second kappa shape index (κ2) is 7.72. The van der Waals surface area contributed by atoms with E-state index in [9.17, 15) is 4.79 Å². The molecule has 2 aromatic carbocycles. The SMILES string of the molecule is CC(=O)c1ccc(Nc2nncc(NCc3ccccc3Cl)n2)cc1. The van der Waals surface area contributed by atoms with E-state index in [0.29, 0.717) is 28.9 Å². The average molecular weight is 354 g/mol. The highest BCUT2D eigenvalue weighted by Gasteiger charge is 2.04. The lowest BCUT2D eigenvalue weighted by Gasteiger charge is -2.09. The lowest BCUT2D eigenvalue weighted by molar-refractivity contribution is 0.101. The molecule has 0 atom stereocenters. The lowest BCUT2D eigenvalue weighted by atomic mass is 10.1. The Kier molecular flexibility index (Phi) is 5.20. The molecule has 0 amide bonds. The molecule has 3 aromatic rings. The molecule has 3 rings (SSSR count). The van der Waals surface area contributed by atoms with Gasteiger partial charge in [0.1, 0.15) is 0 Å². The molecule has 0 saturated heterocycles. The summed E-state index contributed by atoms with van der Waals surface area (Å²) in [7, 11) is 0. The largest absolute Gasteiger partial charge is 0.364 e. The molecule has 0 aliphatic heterocycles.